The van der Waals surface area contributed by atoms with Gasteiger partial charge in [-0.15, -0.1) is 26.3 Å². The Kier molecular flexibility index (Phi) is 12.9. The van der Waals surface area contributed by atoms with E-state index in [1.54, 1.807) is 0 Å². The van der Waals surface area contributed by atoms with Crippen LogP contribution in [0.25, 0.3) is 0 Å². The minimum Gasteiger partial charge on any atom is -0.504 e. The van der Waals surface area contributed by atoms with Gasteiger partial charge in [-0.3, -0.25) is 0 Å². The second kappa shape index (κ2) is 19.3. The predicted octanol–water partition coefficient (Wildman–Crippen LogP) is 11.0. The fourth-order valence-electron chi connectivity index (χ4n) is 3.81. The van der Waals surface area contributed by atoms with Crippen LogP contribution in [0.2, 0.25) is 0 Å². The van der Waals surface area contributed by atoms with Crippen LogP contribution in [0.3, 0.4) is 0 Å². The molecule has 0 spiro atoms. The lowest BCUT2D eigenvalue weighted by atomic mass is 10.1. The van der Waals surface area contributed by atoms with Crippen molar-refractivity contribution in [1.82, 2.24) is 0 Å². The van der Waals surface area contributed by atoms with Crippen LogP contribution >= 0.6 is 15.9 Å². The van der Waals surface area contributed by atoms with Crippen molar-refractivity contribution >= 4 is 27.9 Å². The van der Waals surface area contributed by atoms with Gasteiger partial charge in [-0.1, -0.05) is 0 Å². The lowest BCUT2D eigenvalue weighted by Crippen LogP contribution is -2.18. The second-order valence-electron chi connectivity index (χ2n) is 9.71. The van der Waals surface area contributed by atoms with Crippen molar-refractivity contribution in [3.05, 3.63) is 98.5 Å². The van der Waals surface area contributed by atoms with E-state index in [4.69, 9.17) is 28.3 Å². The minimum atomic E-state index is -5.37. The van der Waals surface area contributed by atoms with E-state index >= 15 is 0 Å². The third-order valence-electron chi connectivity index (χ3n) is 6.09. The second-order valence-corrected chi connectivity index (χ2v) is 10.6. The molecular formula is C32H19BrF14O10. The number of aromatic carboxylic acids is 2. The van der Waals surface area contributed by atoms with Crippen molar-refractivity contribution in [2.45, 2.75) is 25.6 Å². The fraction of sp³-hybridized carbons (Fsp3) is 0.188. The van der Waals surface area contributed by atoms with E-state index in [2.05, 4.69) is 34.9 Å². The molecule has 0 fully saturated rings. The topological polar surface area (TPSA) is 141 Å². The van der Waals surface area contributed by atoms with Gasteiger partial charge in [-0.25, -0.2) is 35.9 Å². The Morgan fingerprint density at radius 2 is 1.02 bits per heavy atom. The van der Waals surface area contributed by atoms with Crippen molar-refractivity contribution in [3.8, 4) is 40.2 Å². The van der Waals surface area contributed by atoms with Gasteiger partial charge in [0.2, 0.25) is 17.4 Å². The molecule has 0 aliphatic heterocycles. The number of carbonyl (C=O) groups is 2. The first-order valence-corrected chi connectivity index (χ1v) is 14.6. The molecule has 4 aromatic carbocycles. The third-order valence-corrected chi connectivity index (χ3v) is 6.76. The van der Waals surface area contributed by atoms with Gasteiger partial charge in [-0.2, -0.15) is 8.78 Å². The molecule has 4 rings (SSSR count). The number of phenols is 1. The summed E-state index contributed by atoms with van der Waals surface area (Å²) in [7, 11) is -6.55. The highest BCUT2D eigenvalue weighted by Gasteiger charge is 2.35. The summed E-state index contributed by atoms with van der Waals surface area (Å²) in [6, 6.07) is 4.89. The zero-order valence-electron chi connectivity index (χ0n) is 32.6. The summed E-state index contributed by atoms with van der Waals surface area (Å²) in [4.78, 5) is 21.8. The Labute approximate surface area is 324 Å². The van der Waals surface area contributed by atoms with Gasteiger partial charge in [0.25, 0.3) is 12.9 Å². The predicted molar refractivity (Wildman–Crippen MR) is 165 cm³/mol. The maximum atomic E-state index is 14.4. The first kappa shape index (κ1) is 38.0. The zero-order valence-corrected chi connectivity index (χ0v) is 28.2. The summed E-state index contributed by atoms with van der Waals surface area (Å²) in [5, 5.41) is 26.8. The van der Waals surface area contributed by atoms with E-state index < -0.39 is 137 Å². The van der Waals surface area contributed by atoms with Crippen LogP contribution in [-0.2, 0) is 0 Å². The highest BCUT2D eigenvalue weighted by atomic mass is 79.9. The van der Waals surface area contributed by atoms with Crippen molar-refractivity contribution in [1.29, 1.82) is 0 Å². The largest absolute Gasteiger partial charge is 0.573 e. The number of aromatic hydroxyl groups is 1. The van der Waals surface area contributed by atoms with Crippen LogP contribution in [0.15, 0.2) is 53.0 Å². The van der Waals surface area contributed by atoms with Crippen molar-refractivity contribution < 1.29 is 118 Å². The number of halogens is 15. The minimum absolute atomic E-state index is 0.0631. The molecule has 3 N–H and O–H groups in total. The maximum absolute atomic E-state index is 14.4. The molecule has 0 saturated carbocycles. The maximum Gasteiger partial charge on any atom is 0.573 e. The van der Waals surface area contributed by atoms with Gasteiger partial charge in [0, 0.05) is 4.47 Å². The molecule has 312 valence electrons. The van der Waals surface area contributed by atoms with Crippen LogP contribution in [0.5, 0.6) is 40.2 Å². The van der Waals surface area contributed by atoms with Gasteiger partial charge < -0.3 is 39.0 Å². The molecule has 0 heterocycles. The number of carboxylic acids is 2. The van der Waals surface area contributed by atoms with Crippen molar-refractivity contribution in [2.75, 3.05) is 14.1 Å². The molecule has 0 bridgehead atoms. The standard InChI is InChI=1S/C16H9F7O5.C8H4BrF3O2.C8H6F4O3/c1-26-13-9(5-4-8(12(13)18)28-16(21,22)23)27-7-3-2-6(14(19)20)11(17)10(7)15(24)25;9-4-2-1-3(7(11)12)6(10)5(4)8(13)14;1-14-7-4(13)2-3-5(6(7)9)15-8(10,11)12/h2-5,14H,1H3,(H,24,25);1-2,7H,(H,13,14);2-3,13H,1H3/i1D3;;1D3. The van der Waals surface area contributed by atoms with E-state index in [1.807, 2.05) is 0 Å². The van der Waals surface area contributed by atoms with Gasteiger partial charge in [0.05, 0.1) is 33.4 Å². The third kappa shape index (κ3) is 12.6. The molecule has 57 heavy (non-hydrogen) atoms. The van der Waals surface area contributed by atoms with Crippen LogP contribution in [0, 0.1) is 23.3 Å². The molecule has 10 nitrogen and oxygen atoms in total. The smallest absolute Gasteiger partial charge is 0.504 e. The summed E-state index contributed by atoms with van der Waals surface area (Å²) in [5.74, 6) is -19.2. The number of benzene rings is 4. The molecule has 0 radical (unpaired) electrons. The van der Waals surface area contributed by atoms with Gasteiger partial charge in [0.1, 0.15) is 28.5 Å². The average Bonchev–Trinajstić information content (AvgIpc) is 3.09. The van der Waals surface area contributed by atoms with E-state index in [9.17, 15) is 71.1 Å². The number of alkyl halides is 10. The number of ether oxygens (including phenoxy) is 5. The Balaban J connectivity index is 0.000000360. The summed E-state index contributed by atoms with van der Waals surface area (Å²) in [6.07, 6.45) is -17.0. The SMILES string of the molecule is O=C(O)c1c(Br)ccc(C(F)F)c1F.[2H]C([2H])([2H])Oc1c(O)ccc(OC(F)(F)F)c1F.[2H]C([2H])([2H])Oc1c(Oc2ccc(C(F)F)c(F)c2C(=O)O)ccc(OC(F)(F)F)c1F. The molecule has 25 heteroatoms. The van der Waals surface area contributed by atoms with E-state index in [-0.39, 0.29) is 4.47 Å². The number of phenolic OH excluding ortho intramolecular Hbond substituents is 1. The zero-order chi connectivity index (χ0) is 48.7. The van der Waals surface area contributed by atoms with Gasteiger partial charge >= 0.3 is 24.7 Å². The fourth-order valence-corrected chi connectivity index (χ4v) is 4.28. The molecule has 0 aliphatic rings. The lowest BCUT2D eigenvalue weighted by Gasteiger charge is -2.16. The first-order valence-electron chi connectivity index (χ1n) is 16.8. The van der Waals surface area contributed by atoms with E-state index in [0.717, 1.165) is 12.1 Å². The Morgan fingerprint density at radius 1 is 0.614 bits per heavy atom. The molecule has 0 unspecified atom stereocenters. The van der Waals surface area contributed by atoms with Crippen LogP contribution in [-0.4, -0.2) is 54.1 Å². The summed E-state index contributed by atoms with van der Waals surface area (Å²) >= 11 is 2.77. The number of hydrogen-bond donors (Lipinski definition) is 3. The lowest BCUT2D eigenvalue weighted by molar-refractivity contribution is -0.276. The first-order chi connectivity index (χ1) is 28.5. The number of rotatable bonds is 10. The van der Waals surface area contributed by atoms with Crippen LogP contribution < -0.4 is 23.7 Å². The average molecular weight is 915 g/mol. The normalized spacial score (nSPS) is 13.2. The number of methoxy groups -OCH3 is 2. The number of hydrogen-bond acceptors (Lipinski definition) is 8. The molecule has 0 aromatic heterocycles. The van der Waals surface area contributed by atoms with Crippen molar-refractivity contribution in [2.24, 2.45) is 0 Å². The summed E-state index contributed by atoms with van der Waals surface area (Å²) < 4.78 is 239. The highest BCUT2D eigenvalue weighted by molar-refractivity contribution is 9.10. The van der Waals surface area contributed by atoms with E-state index in [1.165, 1.54) is 0 Å². The molecule has 0 saturated heterocycles. The van der Waals surface area contributed by atoms with E-state index in [0.29, 0.717) is 36.4 Å². The Morgan fingerprint density at radius 3 is 1.47 bits per heavy atom. The quantitative estimate of drug-likeness (QED) is 0.132. The molecular weight excluding hydrogens is 890 g/mol. The van der Waals surface area contributed by atoms with Gasteiger partial charge in [0.15, 0.2) is 28.7 Å². The Hall–Kier alpha value is -5.88. The number of carboxylic acid groups (broad SMARTS) is 2. The van der Waals surface area contributed by atoms with Crippen molar-refractivity contribution in [3.63, 3.8) is 0 Å². The molecule has 4 aromatic rings. The van der Waals surface area contributed by atoms with Gasteiger partial charge in [-0.05, 0) is 64.5 Å². The highest BCUT2D eigenvalue weighted by Crippen LogP contribution is 2.42. The molecule has 0 amide bonds. The molecule has 0 atom stereocenters. The van der Waals surface area contributed by atoms with Crippen LogP contribution in [0.4, 0.5) is 61.5 Å². The summed E-state index contributed by atoms with van der Waals surface area (Å²) in [5.41, 5.74) is -4.41. The molecule has 0 aliphatic carbocycles. The van der Waals surface area contributed by atoms with Crippen LogP contribution in [0.1, 0.15) is 52.9 Å². The monoisotopic (exact) mass is 914 g/mol. The summed E-state index contributed by atoms with van der Waals surface area (Å²) in [6.45, 7) is 0. The Bertz CT molecular complexity index is 2290.